The standard InChI is InChI=1S/C22H44N4O3.HI/c1-5-7-9-19(6-2)16-24-22(25-17-21(27)26(3)4)23-12-8-13-29-18-20-10-14-28-15-11-20;/h19-20H,5-18H2,1-4H3,(H2,23,24,25);1H. The zero-order valence-corrected chi connectivity index (χ0v) is 21.9. The zero-order valence-electron chi connectivity index (χ0n) is 19.6. The Kier molecular flexibility index (Phi) is 18.7. The van der Waals surface area contributed by atoms with Crippen LogP contribution in [0.25, 0.3) is 0 Å². The van der Waals surface area contributed by atoms with E-state index in [0.717, 1.165) is 71.2 Å². The SMILES string of the molecule is CCCCC(CC)CNC(=NCC(=O)N(C)C)NCCCOCC1CCOCC1.I. The molecule has 1 aliphatic heterocycles. The molecule has 1 saturated heterocycles. The predicted molar refractivity (Wildman–Crippen MR) is 135 cm³/mol. The molecule has 1 heterocycles. The Balaban J connectivity index is 0.00000841. The van der Waals surface area contributed by atoms with Crippen LogP contribution in [0.1, 0.15) is 58.8 Å². The van der Waals surface area contributed by atoms with Gasteiger partial charge in [-0.15, -0.1) is 24.0 Å². The number of aliphatic imine (C=N–C) groups is 1. The lowest BCUT2D eigenvalue weighted by molar-refractivity contribution is -0.127. The molecule has 1 unspecified atom stereocenters. The quantitative estimate of drug-likeness (QED) is 0.153. The molecule has 0 saturated carbocycles. The number of amides is 1. The van der Waals surface area contributed by atoms with E-state index in [1.54, 1.807) is 19.0 Å². The summed E-state index contributed by atoms with van der Waals surface area (Å²) < 4.78 is 11.2. The summed E-state index contributed by atoms with van der Waals surface area (Å²) in [5.41, 5.74) is 0. The Labute approximate surface area is 201 Å². The molecule has 0 aliphatic carbocycles. The van der Waals surface area contributed by atoms with Crippen LogP contribution in [0.5, 0.6) is 0 Å². The number of carbonyl (C=O) groups excluding carboxylic acids is 1. The second-order valence-corrected chi connectivity index (χ2v) is 8.16. The maximum atomic E-state index is 11.9. The van der Waals surface area contributed by atoms with E-state index in [9.17, 15) is 4.79 Å². The third kappa shape index (κ3) is 14.4. The summed E-state index contributed by atoms with van der Waals surface area (Å²) in [5, 5.41) is 6.79. The van der Waals surface area contributed by atoms with Crippen molar-refractivity contribution in [2.45, 2.75) is 58.8 Å². The molecular formula is C22H45IN4O3. The van der Waals surface area contributed by atoms with Crippen molar-refractivity contribution in [2.24, 2.45) is 16.8 Å². The number of ether oxygens (including phenoxy) is 2. The number of nitrogens with zero attached hydrogens (tertiary/aromatic N) is 2. The highest BCUT2D eigenvalue weighted by atomic mass is 127. The summed E-state index contributed by atoms with van der Waals surface area (Å²) in [7, 11) is 3.51. The Bertz CT molecular complexity index is 458. The summed E-state index contributed by atoms with van der Waals surface area (Å²) in [6.07, 6.45) is 7.98. The number of halogens is 1. The highest BCUT2D eigenvalue weighted by molar-refractivity contribution is 14.0. The molecule has 7 nitrogen and oxygen atoms in total. The van der Waals surface area contributed by atoms with Gasteiger partial charge in [-0.25, -0.2) is 4.99 Å². The molecular weight excluding hydrogens is 495 g/mol. The van der Waals surface area contributed by atoms with Gasteiger partial charge in [-0.05, 0) is 37.5 Å². The van der Waals surface area contributed by atoms with Crippen LogP contribution in [-0.2, 0) is 14.3 Å². The zero-order chi connectivity index (χ0) is 21.3. The Morgan fingerprint density at radius 3 is 2.57 bits per heavy atom. The first kappa shape index (κ1) is 29.4. The molecule has 0 aromatic heterocycles. The van der Waals surface area contributed by atoms with Gasteiger partial charge >= 0.3 is 0 Å². The van der Waals surface area contributed by atoms with Gasteiger partial charge in [0.2, 0.25) is 5.91 Å². The van der Waals surface area contributed by atoms with Gasteiger partial charge < -0.3 is 25.0 Å². The smallest absolute Gasteiger partial charge is 0.243 e. The molecule has 178 valence electrons. The van der Waals surface area contributed by atoms with Crippen molar-refractivity contribution in [3.05, 3.63) is 0 Å². The van der Waals surface area contributed by atoms with Gasteiger partial charge in [-0.1, -0.05) is 33.1 Å². The van der Waals surface area contributed by atoms with Crippen molar-refractivity contribution >= 4 is 35.8 Å². The first-order valence-corrected chi connectivity index (χ1v) is 11.4. The van der Waals surface area contributed by atoms with Crippen LogP contribution in [0.15, 0.2) is 4.99 Å². The molecule has 0 aromatic carbocycles. The molecule has 1 amide bonds. The lowest BCUT2D eigenvalue weighted by Gasteiger charge is -2.21. The van der Waals surface area contributed by atoms with Crippen LogP contribution in [0.4, 0.5) is 0 Å². The Hall–Kier alpha value is -0.610. The second kappa shape index (κ2) is 19.1. The minimum Gasteiger partial charge on any atom is -0.381 e. The van der Waals surface area contributed by atoms with Crippen molar-refractivity contribution in [3.8, 4) is 0 Å². The van der Waals surface area contributed by atoms with Crippen molar-refractivity contribution in [3.63, 3.8) is 0 Å². The van der Waals surface area contributed by atoms with Crippen molar-refractivity contribution in [1.82, 2.24) is 15.5 Å². The lowest BCUT2D eigenvalue weighted by atomic mass is 9.99. The molecule has 0 radical (unpaired) electrons. The maximum Gasteiger partial charge on any atom is 0.243 e. The fraction of sp³-hybridized carbons (Fsp3) is 0.909. The molecule has 8 heteroatoms. The molecule has 1 fully saturated rings. The van der Waals surface area contributed by atoms with E-state index in [1.807, 2.05) is 0 Å². The molecule has 1 aliphatic rings. The number of rotatable bonds is 14. The van der Waals surface area contributed by atoms with E-state index in [2.05, 4.69) is 29.5 Å². The Morgan fingerprint density at radius 2 is 1.93 bits per heavy atom. The molecule has 0 spiro atoms. The van der Waals surface area contributed by atoms with Gasteiger partial charge in [-0.3, -0.25) is 4.79 Å². The average Bonchev–Trinajstić information content (AvgIpc) is 2.74. The van der Waals surface area contributed by atoms with E-state index in [4.69, 9.17) is 9.47 Å². The summed E-state index contributed by atoms with van der Waals surface area (Å²) >= 11 is 0. The van der Waals surface area contributed by atoms with Gasteiger partial charge in [0.25, 0.3) is 0 Å². The van der Waals surface area contributed by atoms with Gasteiger partial charge in [-0.2, -0.15) is 0 Å². The van der Waals surface area contributed by atoms with Crippen LogP contribution >= 0.6 is 24.0 Å². The fourth-order valence-corrected chi connectivity index (χ4v) is 3.19. The summed E-state index contributed by atoms with van der Waals surface area (Å²) in [6.45, 7) is 9.59. The summed E-state index contributed by atoms with van der Waals surface area (Å²) in [4.78, 5) is 17.9. The van der Waals surface area contributed by atoms with Gasteiger partial charge in [0, 0.05) is 53.6 Å². The first-order valence-electron chi connectivity index (χ1n) is 11.4. The topological polar surface area (TPSA) is 75.2 Å². The van der Waals surface area contributed by atoms with Gasteiger partial charge in [0.15, 0.2) is 5.96 Å². The summed E-state index contributed by atoms with van der Waals surface area (Å²) in [6, 6.07) is 0. The van der Waals surface area contributed by atoms with Crippen LogP contribution in [0.3, 0.4) is 0 Å². The molecule has 2 N–H and O–H groups in total. The number of carbonyl (C=O) groups is 1. The van der Waals surface area contributed by atoms with E-state index in [-0.39, 0.29) is 36.4 Å². The third-order valence-corrected chi connectivity index (χ3v) is 5.43. The highest BCUT2D eigenvalue weighted by Crippen LogP contribution is 2.14. The first-order chi connectivity index (χ1) is 14.1. The van der Waals surface area contributed by atoms with Crippen LogP contribution < -0.4 is 10.6 Å². The van der Waals surface area contributed by atoms with Crippen molar-refractivity contribution < 1.29 is 14.3 Å². The van der Waals surface area contributed by atoms with Crippen molar-refractivity contribution in [2.75, 3.05) is 60.2 Å². The largest absolute Gasteiger partial charge is 0.381 e. The molecule has 1 rings (SSSR count). The van der Waals surface area contributed by atoms with E-state index < -0.39 is 0 Å². The van der Waals surface area contributed by atoms with Crippen LogP contribution in [-0.4, -0.2) is 76.9 Å². The fourth-order valence-electron chi connectivity index (χ4n) is 3.19. The minimum absolute atomic E-state index is 0. The van der Waals surface area contributed by atoms with Gasteiger partial charge in [0.1, 0.15) is 6.54 Å². The van der Waals surface area contributed by atoms with E-state index >= 15 is 0 Å². The molecule has 1 atom stereocenters. The number of unbranched alkanes of at least 4 members (excludes halogenated alkanes) is 1. The number of likely N-dealkylation sites (N-methyl/N-ethyl adjacent to an activating group) is 1. The van der Waals surface area contributed by atoms with Crippen LogP contribution in [0.2, 0.25) is 0 Å². The minimum atomic E-state index is 0. The normalized spacial score (nSPS) is 15.9. The number of hydrogen-bond donors (Lipinski definition) is 2. The highest BCUT2D eigenvalue weighted by Gasteiger charge is 2.13. The van der Waals surface area contributed by atoms with Gasteiger partial charge in [0.05, 0.1) is 0 Å². The van der Waals surface area contributed by atoms with E-state index in [1.165, 1.54) is 19.3 Å². The third-order valence-electron chi connectivity index (χ3n) is 5.43. The number of hydrogen-bond acceptors (Lipinski definition) is 4. The second-order valence-electron chi connectivity index (χ2n) is 8.16. The van der Waals surface area contributed by atoms with E-state index in [0.29, 0.717) is 11.8 Å². The summed E-state index contributed by atoms with van der Waals surface area (Å²) in [5.74, 6) is 2.00. The molecule has 0 aromatic rings. The average molecular weight is 541 g/mol. The number of nitrogens with one attached hydrogen (secondary N) is 2. The van der Waals surface area contributed by atoms with Crippen molar-refractivity contribution in [1.29, 1.82) is 0 Å². The lowest BCUT2D eigenvalue weighted by Crippen LogP contribution is -2.41. The van der Waals surface area contributed by atoms with Crippen LogP contribution in [0, 0.1) is 11.8 Å². The molecule has 0 bridgehead atoms. The Morgan fingerprint density at radius 1 is 1.20 bits per heavy atom. The maximum absolute atomic E-state index is 11.9. The molecule has 30 heavy (non-hydrogen) atoms. The number of guanidine groups is 1. The predicted octanol–water partition coefficient (Wildman–Crippen LogP) is 3.28. The monoisotopic (exact) mass is 540 g/mol.